The number of nitrogens with zero attached hydrogens (tertiary/aromatic N) is 2. The number of hydrogen-bond acceptors (Lipinski definition) is 6. The second-order valence-electron chi connectivity index (χ2n) is 9.51. The van der Waals surface area contributed by atoms with Crippen LogP contribution in [0.3, 0.4) is 0 Å². The van der Waals surface area contributed by atoms with Gasteiger partial charge in [0.25, 0.3) is 17.7 Å². The molecule has 0 atom stereocenters. The van der Waals surface area contributed by atoms with Crippen LogP contribution in [0.4, 0.5) is 16.5 Å². The Morgan fingerprint density at radius 1 is 0.810 bits per heavy atom. The lowest BCUT2D eigenvalue weighted by molar-refractivity contribution is -0.120. The molecule has 4 aromatic carbocycles. The van der Waals surface area contributed by atoms with Gasteiger partial charge in [-0.2, -0.15) is 0 Å². The largest absolute Gasteiger partial charge is 0.350 e. The smallest absolute Gasteiger partial charge is 0.283 e. The number of aromatic nitrogens is 1. The number of imide groups is 1. The third-order valence-corrected chi connectivity index (χ3v) is 8.08. The minimum atomic E-state index is -0.612. The molecular weight excluding hydrogens is 568 g/mol. The number of para-hydroxylation sites is 1. The summed E-state index contributed by atoms with van der Waals surface area (Å²) >= 11 is 7.71. The fourth-order valence-corrected chi connectivity index (χ4v) is 5.85. The van der Waals surface area contributed by atoms with Gasteiger partial charge in [0, 0.05) is 16.8 Å². The number of halogens is 1. The number of thiazole rings is 1. The Hall–Kier alpha value is -5.05. The van der Waals surface area contributed by atoms with Gasteiger partial charge in [-0.3, -0.25) is 19.7 Å². The van der Waals surface area contributed by atoms with E-state index in [1.54, 1.807) is 36.4 Å². The van der Waals surface area contributed by atoms with E-state index < -0.39 is 11.8 Å². The molecule has 2 N–H and O–H groups in total. The number of rotatable bonds is 7. The molecule has 1 aromatic heterocycles. The molecule has 0 aliphatic carbocycles. The highest BCUT2D eigenvalue weighted by Crippen LogP contribution is 2.39. The summed E-state index contributed by atoms with van der Waals surface area (Å²) in [6, 6.07) is 33.4. The van der Waals surface area contributed by atoms with Crippen molar-refractivity contribution in [1.82, 2.24) is 4.98 Å². The molecule has 7 nitrogen and oxygen atoms in total. The first-order valence-electron chi connectivity index (χ1n) is 13.0. The normalized spacial score (nSPS) is 13.0. The van der Waals surface area contributed by atoms with Crippen LogP contribution in [0.5, 0.6) is 0 Å². The Labute approximate surface area is 251 Å². The van der Waals surface area contributed by atoms with Crippen LogP contribution in [0.2, 0.25) is 0 Å². The van der Waals surface area contributed by atoms with Gasteiger partial charge >= 0.3 is 0 Å². The average Bonchev–Trinajstić information content (AvgIpc) is 3.53. The third-order valence-electron chi connectivity index (χ3n) is 6.71. The Morgan fingerprint density at radius 3 is 2.19 bits per heavy atom. The Bertz CT molecular complexity index is 1810. The summed E-state index contributed by atoms with van der Waals surface area (Å²) in [4.78, 5) is 46.2. The lowest BCUT2D eigenvalue weighted by atomic mass is 10.1. The Balaban J connectivity index is 1.24. The highest BCUT2D eigenvalue weighted by atomic mass is 35.5. The van der Waals surface area contributed by atoms with Crippen molar-refractivity contribution in [3.63, 3.8) is 0 Å². The zero-order valence-electron chi connectivity index (χ0n) is 22.3. The first kappa shape index (κ1) is 27.1. The van der Waals surface area contributed by atoms with Crippen LogP contribution in [-0.4, -0.2) is 22.7 Å². The molecule has 9 heteroatoms. The number of anilines is 3. The maximum absolute atomic E-state index is 13.3. The van der Waals surface area contributed by atoms with E-state index in [0.717, 1.165) is 32.2 Å². The maximum Gasteiger partial charge on any atom is 0.283 e. The van der Waals surface area contributed by atoms with E-state index in [1.165, 1.54) is 11.3 Å². The monoisotopic (exact) mass is 590 g/mol. The summed E-state index contributed by atoms with van der Waals surface area (Å²) in [7, 11) is 0. The highest BCUT2D eigenvalue weighted by molar-refractivity contribution is 7.19. The van der Waals surface area contributed by atoms with Crippen LogP contribution >= 0.6 is 22.9 Å². The number of aryl methyl sites for hydroxylation is 1. The summed E-state index contributed by atoms with van der Waals surface area (Å²) < 4.78 is 0. The SMILES string of the molecule is Cc1ccccc1N1C(=O)C(Cl)=C(Nc2cccc(C(=O)Nc3nc(-c4ccccc4)c(-c4ccccc4)s3)c2)C1=O. The van der Waals surface area contributed by atoms with E-state index in [9.17, 15) is 14.4 Å². The van der Waals surface area contributed by atoms with Crippen molar-refractivity contribution in [3.8, 4) is 21.7 Å². The third kappa shape index (κ3) is 5.21. The number of amides is 3. The fourth-order valence-electron chi connectivity index (χ4n) is 4.65. The topological polar surface area (TPSA) is 91.4 Å². The molecule has 3 amide bonds. The second kappa shape index (κ2) is 11.4. The van der Waals surface area contributed by atoms with Gasteiger partial charge in [0.1, 0.15) is 10.7 Å². The zero-order chi connectivity index (χ0) is 29.2. The molecule has 0 saturated carbocycles. The fraction of sp³-hybridized carbons (Fsp3) is 0.0303. The summed E-state index contributed by atoms with van der Waals surface area (Å²) in [5, 5.41) is 6.09. The molecule has 42 heavy (non-hydrogen) atoms. The number of hydrogen-bond donors (Lipinski definition) is 2. The van der Waals surface area contributed by atoms with E-state index >= 15 is 0 Å². The minimum absolute atomic E-state index is 0.0533. The molecular formula is C33H23ClN4O3S. The van der Waals surface area contributed by atoms with Crippen molar-refractivity contribution in [3.05, 3.63) is 131 Å². The molecule has 6 rings (SSSR count). The number of nitrogens with one attached hydrogen (secondary N) is 2. The summed E-state index contributed by atoms with van der Waals surface area (Å²) in [5.41, 5.74) is 4.66. The Kier molecular flexibility index (Phi) is 7.39. The van der Waals surface area contributed by atoms with Crippen molar-refractivity contribution in [2.24, 2.45) is 0 Å². The molecule has 5 aromatic rings. The van der Waals surface area contributed by atoms with Gasteiger partial charge in [0.05, 0.1) is 16.3 Å². The summed E-state index contributed by atoms with van der Waals surface area (Å²) in [6.07, 6.45) is 0. The molecule has 0 unspecified atom stereocenters. The predicted molar refractivity (Wildman–Crippen MR) is 168 cm³/mol. The molecule has 1 aliphatic rings. The van der Waals surface area contributed by atoms with Gasteiger partial charge < -0.3 is 5.32 Å². The van der Waals surface area contributed by atoms with Gasteiger partial charge in [-0.25, -0.2) is 9.88 Å². The maximum atomic E-state index is 13.3. The van der Waals surface area contributed by atoms with E-state index in [1.807, 2.05) is 79.7 Å². The number of carbonyl (C=O) groups is 3. The van der Waals surface area contributed by atoms with E-state index in [2.05, 4.69) is 10.6 Å². The van der Waals surface area contributed by atoms with Crippen LogP contribution in [0, 0.1) is 6.92 Å². The van der Waals surface area contributed by atoms with Crippen molar-refractivity contribution in [1.29, 1.82) is 0 Å². The van der Waals surface area contributed by atoms with Gasteiger partial charge in [-0.1, -0.05) is 108 Å². The summed E-state index contributed by atoms with van der Waals surface area (Å²) in [6.45, 7) is 1.81. The average molecular weight is 591 g/mol. The van der Waals surface area contributed by atoms with Crippen LogP contribution in [0.15, 0.2) is 120 Å². The second-order valence-corrected chi connectivity index (χ2v) is 10.9. The molecule has 0 spiro atoms. The lowest BCUT2D eigenvalue weighted by Crippen LogP contribution is -2.32. The van der Waals surface area contributed by atoms with Crippen LogP contribution in [0.1, 0.15) is 15.9 Å². The minimum Gasteiger partial charge on any atom is -0.350 e. The quantitative estimate of drug-likeness (QED) is 0.192. The van der Waals surface area contributed by atoms with Crippen molar-refractivity contribution in [2.75, 3.05) is 15.5 Å². The molecule has 0 saturated heterocycles. The van der Waals surface area contributed by atoms with E-state index in [0.29, 0.717) is 22.1 Å². The molecule has 206 valence electrons. The summed E-state index contributed by atoms with van der Waals surface area (Å²) in [5.74, 6) is -1.56. The number of benzene rings is 4. The zero-order valence-corrected chi connectivity index (χ0v) is 23.9. The first-order chi connectivity index (χ1) is 20.4. The first-order valence-corrected chi connectivity index (χ1v) is 14.2. The number of carbonyl (C=O) groups excluding carboxylic acids is 3. The molecule has 0 fully saturated rings. The Morgan fingerprint density at radius 2 is 1.48 bits per heavy atom. The van der Waals surface area contributed by atoms with Crippen molar-refractivity contribution < 1.29 is 14.4 Å². The molecule has 0 bridgehead atoms. The molecule has 1 aliphatic heterocycles. The molecule has 2 heterocycles. The molecule has 0 radical (unpaired) electrons. The van der Waals surface area contributed by atoms with E-state index in [4.69, 9.17) is 16.6 Å². The van der Waals surface area contributed by atoms with Crippen LogP contribution < -0.4 is 15.5 Å². The van der Waals surface area contributed by atoms with Crippen LogP contribution in [0.25, 0.3) is 21.7 Å². The van der Waals surface area contributed by atoms with Crippen molar-refractivity contribution >= 4 is 57.2 Å². The van der Waals surface area contributed by atoms with E-state index in [-0.39, 0.29) is 16.6 Å². The van der Waals surface area contributed by atoms with Gasteiger partial charge in [0.15, 0.2) is 5.13 Å². The highest BCUT2D eigenvalue weighted by Gasteiger charge is 2.39. The van der Waals surface area contributed by atoms with Gasteiger partial charge in [0.2, 0.25) is 0 Å². The lowest BCUT2D eigenvalue weighted by Gasteiger charge is -2.17. The van der Waals surface area contributed by atoms with Gasteiger partial charge in [-0.05, 0) is 42.3 Å². The van der Waals surface area contributed by atoms with Gasteiger partial charge in [-0.15, -0.1) is 0 Å². The standard InChI is InChI=1S/C33H23ClN4O3S/c1-20-11-8-9-18-25(20)38-31(40)26(34)28(32(38)41)35-24-17-10-16-23(19-24)30(39)37-33-36-27(21-12-4-2-5-13-21)29(42-33)22-14-6-3-7-15-22/h2-19,35H,1H3,(H,36,37,39). The van der Waals surface area contributed by atoms with Crippen molar-refractivity contribution in [2.45, 2.75) is 6.92 Å². The van der Waals surface area contributed by atoms with Crippen LogP contribution in [-0.2, 0) is 9.59 Å². The predicted octanol–water partition coefficient (Wildman–Crippen LogP) is 7.47.